The van der Waals surface area contributed by atoms with Crippen LogP contribution in [0.2, 0.25) is 10.0 Å². The van der Waals surface area contributed by atoms with Crippen molar-refractivity contribution in [2.75, 3.05) is 6.54 Å². The average Bonchev–Trinajstić information content (AvgIpc) is 3.04. The third-order valence-electron chi connectivity index (χ3n) is 6.75. The molecule has 14 heteroatoms. The lowest BCUT2D eigenvalue weighted by Crippen LogP contribution is -2.48. The van der Waals surface area contributed by atoms with Gasteiger partial charge in [0.15, 0.2) is 0 Å². The van der Waals surface area contributed by atoms with E-state index in [9.17, 15) is 39.3 Å². The van der Waals surface area contributed by atoms with Crippen LogP contribution in [-0.4, -0.2) is 57.5 Å². The van der Waals surface area contributed by atoms with E-state index in [2.05, 4.69) is 21.3 Å². The second kappa shape index (κ2) is 15.6. The molecule has 0 bridgehead atoms. The molecule has 242 valence electrons. The van der Waals surface area contributed by atoms with Crippen LogP contribution in [0.3, 0.4) is 0 Å². The molecular formula is C33H28Cl2N4O8. The number of rotatable bonds is 12. The molecule has 0 spiro atoms. The highest BCUT2D eigenvalue weighted by Gasteiger charge is 2.24. The predicted octanol–water partition coefficient (Wildman–Crippen LogP) is 3.88. The number of carboxylic acid groups (broad SMARTS) is 1. The van der Waals surface area contributed by atoms with E-state index in [1.807, 2.05) is 0 Å². The fraction of sp³-hybridized carbons (Fsp3) is 0.121. The molecule has 1 atom stereocenters. The number of phenols is 2. The maximum Gasteiger partial charge on any atom is 0.328 e. The van der Waals surface area contributed by atoms with E-state index < -0.39 is 42.2 Å². The maximum atomic E-state index is 12.9. The van der Waals surface area contributed by atoms with Crippen LogP contribution in [0, 0.1) is 0 Å². The first kappa shape index (κ1) is 34.3. The molecule has 0 aromatic heterocycles. The Hall–Kier alpha value is -5.59. The van der Waals surface area contributed by atoms with Crippen LogP contribution in [0.15, 0.2) is 84.9 Å². The summed E-state index contributed by atoms with van der Waals surface area (Å²) in [5.41, 5.74) is 1.51. The highest BCUT2D eigenvalue weighted by Crippen LogP contribution is 2.20. The minimum absolute atomic E-state index is 0.0346. The van der Waals surface area contributed by atoms with Crippen molar-refractivity contribution in [2.45, 2.75) is 19.1 Å². The molecule has 0 aliphatic rings. The number of aromatic hydroxyl groups is 2. The number of phenolic OH excluding ortho intramolecular Hbond substituents is 2. The van der Waals surface area contributed by atoms with E-state index in [4.69, 9.17) is 23.2 Å². The first-order valence-corrected chi connectivity index (χ1v) is 14.7. The summed E-state index contributed by atoms with van der Waals surface area (Å²) in [6.07, 6.45) is 0. The van der Waals surface area contributed by atoms with Crippen LogP contribution in [0.5, 0.6) is 11.5 Å². The molecule has 0 saturated heterocycles. The van der Waals surface area contributed by atoms with Gasteiger partial charge >= 0.3 is 5.97 Å². The number of carbonyl (C=O) groups excluding carboxylic acids is 4. The summed E-state index contributed by atoms with van der Waals surface area (Å²) in [4.78, 5) is 62.6. The van der Waals surface area contributed by atoms with Crippen LogP contribution >= 0.6 is 23.2 Å². The maximum absolute atomic E-state index is 12.9. The first-order valence-electron chi connectivity index (χ1n) is 13.9. The molecule has 0 radical (unpaired) electrons. The van der Waals surface area contributed by atoms with Crippen molar-refractivity contribution in [1.82, 2.24) is 21.3 Å². The standard InChI is InChI=1S/C33H28Cl2N4O8/c34-26-13-20(29(42)36-15-18-3-1-5-22(40)11-18)7-9-24(26)31(44)38-17-28(33(46)47)39-32(45)25-10-8-21(14-27(25)35)30(43)37-16-19-4-2-6-23(41)12-19/h1-14,28,40-41H,15-17H2,(H,36,42)(H,37,43)(H,38,44)(H,39,45)(H,46,47)/t28-/m0/s1. The lowest BCUT2D eigenvalue weighted by molar-refractivity contribution is -0.139. The summed E-state index contributed by atoms with van der Waals surface area (Å²) in [5.74, 6) is -3.91. The van der Waals surface area contributed by atoms with Crippen LogP contribution in [0.25, 0.3) is 0 Å². The van der Waals surface area contributed by atoms with Gasteiger partial charge in [-0.15, -0.1) is 0 Å². The number of hydrogen-bond donors (Lipinski definition) is 7. The number of hydrogen-bond acceptors (Lipinski definition) is 7. The van der Waals surface area contributed by atoms with Gasteiger partial charge in [-0.1, -0.05) is 47.5 Å². The van der Waals surface area contributed by atoms with Crippen molar-refractivity contribution in [2.24, 2.45) is 0 Å². The van der Waals surface area contributed by atoms with Gasteiger partial charge in [0.2, 0.25) is 0 Å². The van der Waals surface area contributed by atoms with Crippen molar-refractivity contribution in [1.29, 1.82) is 0 Å². The SMILES string of the molecule is O=C(NCc1cccc(O)c1)c1ccc(C(=O)NC[C@H](NC(=O)c2ccc(C(=O)NCc3cccc(O)c3)cc2Cl)C(=O)O)c(Cl)c1. The topological polar surface area (TPSA) is 194 Å². The van der Waals surface area contributed by atoms with Gasteiger partial charge in [-0.25, -0.2) is 4.79 Å². The number of carbonyl (C=O) groups is 5. The summed E-state index contributed by atoms with van der Waals surface area (Å²) in [6, 6.07) is 19.0. The summed E-state index contributed by atoms with van der Waals surface area (Å²) in [5, 5.41) is 38.6. The largest absolute Gasteiger partial charge is 0.508 e. The Labute approximate surface area is 278 Å². The molecule has 4 aromatic carbocycles. The Morgan fingerprint density at radius 3 is 1.49 bits per heavy atom. The van der Waals surface area contributed by atoms with Gasteiger partial charge < -0.3 is 36.6 Å². The molecule has 0 saturated carbocycles. The van der Waals surface area contributed by atoms with Gasteiger partial charge in [0, 0.05) is 30.8 Å². The second-order valence-corrected chi connectivity index (χ2v) is 11.0. The molecule has 7 N–H and O–H groups in total. The lowest BCUT2D eigenvalue weighted by Gasteiger charge is -2.16. The molecule has 12 nitrogen and oxygen atoms in total. The van der Waals surface area contributed by atoms with Gasteiger partial charge in [0.25, 0.3) is 23.6 Å². The Bertz CT molecular complexity index is 1850. The molecule has 4 aromatic rings. The molecule has 0 aliphatic heterocycles. The van der Waals surface area contributed by atoms with Gasteiger partial charge in [-0.3, -0.25) is 19.2 Å². The summed E-state index contributed by atoms with van der Waals surface area (Å²) in [6.45, 7) is -0.248. The lowest BCUT2D eigenvalue weighted by atomic mass is 10.1. The molecular weight excluding hydrogens is 651 g/mol. The number of halogens is 2. The predicted molar refractivity (Wildman–Crippen MR) is 173 cm³/mol. The Morgan fingerprint density at radius 1 is 0.596 bits per heavy atom. The van der Waals surface area contributed by atoms with Crippen molar-refractivity contribution in [3.63, 3.8) is 0 Å². The van der Waals surface area contributed by atoms with Crippen molar-refractivity contribution in [3.8, 4) is 11.5 Å². The Balaban J connectivity index is 1.32. The molecule has 4 amide bonds. The van der Waals surface area contributed by atoms with E-state index in [0.717, 1.165) is 0 Å². The zero-order valence-corrected chi connectivity index (χ0v) is 25.9. The molecule has 0 aliphatic carbocycles. The number of carboxylic acids is 1. The zero-order chi connectivity index (χ0) is 34.1. The highest BCUT2D eigenvalue weighted by atomic mass is 35.5. The van der Waals surface area contributed by atoms with Crippen molar-refractivity contribution in [3.05, 3.63) is 128 Å². The average molecular weight is 680 g/mol. The van der Waals surface area contributed by atoms with Crippen LogP contribution in [0.4, 0.5) is 0 Å². The third-order valence-corrected chi connectivity index (χ3v) is 7.37. The minimum Gasteiger partial charge on any atom is -0.508 e. The van der Waals surface area contributed by atoms with Gasteiger partial charge in [0.1, 0.15) is 17.5 Å². The Kier molecular flexibility index (Phi) is 11.4. The van der Waals surface area contributed by atoms with E-state index in [0.29, 0.717) is 11.1 Å². The smallest absolute Gasteiger partial charge is 0.328 e. The third kappa shape index (κ3) is 9.45. The quantitative estimate of drug-likeness (QED) is 0.117. The fourth-order valence-electron chi connectivity index (χ4n) is 4.31. The van der Waals surface area contributed by atoms with Crippen molar-refractivity contribution >= 4 is 52.8 Å². The van der Waals surface area contributed by atoms with Gasteiger partial charge in [-0.2, -0.15) is 0 Å². The van der Waals surface area contributed by atoms with Crippen LogP contribution < -0.4 is 21.3 Å². The van der Waals surface area contributed by atoms with E-state index >= 15 is 0 Å². The van der Waals surface area contributed by atoms with Gasteiger partial charge in [0.05, 0.1) is 21.2 Å². The van der Waals surface area contributed by atoms with Gasteiger partial charge in [-0.05, 0) is 71.8 Å². The van der Waals surface area contributed by atoms with Crippen molar-refractivity contribution < 1.29 is 39.3 Å². The number of benzene rings is 4. The first-order chi connectivity index (χ1) is 22.4. The molecule has 0 heterocycles. The zero-order valence-electron chi connectivity index (χ0n) is 24.4. The highest BCUT2D eigenvalue weighted by molar-refractivity contribution is 6.34. The van der Waals surface area contributed by atoms with Crippen LogP contribution in [0.1, 0.15) is 52.6 Å². The van der Waals surface area contributed by atoms with Crippen LogP contribution in [-0.2, 0) is 17.9 Å². The summed E-state index contributed by atoms with van der Waals surface area (Å²) in [7, 11) is 0. The minimum atomic E-state index is -1.56. The van der Waals surface area contributed by atoms with E-state index in [-0.39, 0.29) is 56.9 Å². The Morgan fingerprint density at radius 2 is 1.06 bits per heavy atom. The monoisotopic (exact) mass is 678 g/mol. The summed E-state index contributed by atoms with van der Waals surface area (Å²) < 4.78 is 0. The molecule has 4 rings (SSSR count). The summed E-state index contributed by atoms with van der Waals surface area (Å²) >= 11 is 12.5. The second-order valence-electron chi connectivity index (χ2n) is 10.2. The van der Waals surface area contributed by atoms with E-state index in [1.54, 1.807) is 24.3 Å². The molecule has 0 fully saturated rings. The normalized spacial score (nSPS) is 11.2. The number of nitrogens with one attached hydrogen (secondary N) is 4. The molecule has 0 unspecified atom stereocenters. The molecule has 47 heavy (non-hydrogen) atoms. The number of aliphatic carboxylic acids is 1. The number of amides is 4. The fourth-order valence-corrected chi connectivity index (χ4v) is 4.84. The van der Waals surface area contributed by atoms with E-state index in [1.165, 1.54) is 60.7 Å².